The zero-order chi connectivity index (χ0) is 18.1. The van der Waals surface area contributed by atoms with E-state index in [1.165, 1.54) is 4.88 Å². The fourth-order valence-electron chi connectivity index (χ4n) is 2.97. The van der Waals surface area contributed by atoms with E-state index >= 15 is 0 Å². The van der Waals surface area contributed by atoms with Gasteiger partial charge in [0.1, 0.15) is 0 Å². The van der Waals surface area contributed by atoms with Gasteiger partial charge in [0.05, 0.1) is 13.2 Å². The summed E-state index contributed by atoms with van der Waals surface area (Å²) < 4.78 is 12.9. The third-order valence-corrected chi connectivity index (χ3v) is 5.28. The van der Waals surface area contributed by atoms with Gasteiger partial charge in [0.15, 0.2) is 0 Å². The summed E-state index contributed by atoms with van der Waals surface area (Å²) in [5.74, 6) is -0.866. The highest BCUT2D eigenvalue weighted by atomic mass is 32.1. The van der Waals surface area contributed by atoms with E-state index < -0.39 is 5.79 Å². The molecule has 0 unspecified atom stereocenters. The highest BCUT2D eigenvalue weighted by Gasteiger charge is 2.36. The number of thiophene rings is 1. The first kappa shape index (κ1) is 18.8. The van der Waals surface area contributed by atoms with Crippen LogP contribution in [-0.2, 0) is 21.7 Å². The summed E-state index contributed by atoms with van der Waals surface area (Å²) in [4.78, 5) is 1.33. The second-order valence-corrected chi connectivity index (χ2v) is 7.26. The second kappa shape index (κ2) is 9.67. The van der Waals surface area contributed by atoms with Crippen molar-refractivity contribution >= 4 is 11.3 Å². The Kier molecular flexibility index (Phi) is 7.01. The van der Waals surface area contributed by atoms with Crippen molar-refractivity contribution in [2.45, 2.75) is 32.0 Å². The molecule has 1 heterocycles. The number of hydrogen-bond acceptors (Lipinski definition) is 3. The molecule has 3 heteroatoms. The summed E-state index contributed by atoms with van der Waals surface area (Å²) in [6, 6.07) is 24.8. The van der Waals surface area contributed by atoms with Crippen molar-refractivity contribution in [1.29, 1.82) is 0 Å². The van der Waals surface area contributed by atoms with Crippen LogP contribution in [0.1, 0.15) is 35.8 Å². The molecular weight excluding hydrogens is 340 g/mol. The summed E-state index contributed by atoms with van der Waals surface area (Å²) >= 11 is 1.77. The molecule has 0 amide bonds. The minimum atomic E-state index is -0.866. The molecule has 0 saturated heterocycles. The molecule has 1 aromatic heterocycles. The molecule has 2 aromatic carbocycles. The Hall–Kier alpha value is -1.94. The predicted octanol–water partition coefficient (Wildman–Crippen LogP) is 6.03. The molecule has 0 bridgehead atoms. The van der Waals surface area contributed by atoms with Crippen molar-refractivity contribution in [2.75, 3.05) is 13.2 Å². The Balaban J connectivity index is 1.90. The molecular formula is C23H26O2S. The van der Waals surface area contributed by atoms with Gasteiger partial charge in [-0.25, -0.2) is 0 Å². The lowest BCUT2D eigenvalue weighted by molar-refractivity contribution is -0.218. The van der Waals surface area contributed by atoms with Gasteiger partial charge in [-0.2, -0.15) is 0 Å². The van der Waals surface area contributed by atoms with Crippen LogP contribution in [-0.4, -0.2) is 13.2 Å². The van der Waals surface area contributed by atoms with Crippen LogP contribution in [0, 0.1) is 0 Å². The molecule has 3 rings (SSSR count). The quantitative estimate of drug-likeness (QED) is 0.322. The zero-order valence-corrected chi connectivity index (χ0v) is 16.1. The van der Waals surface area contributed by atoms with Crippen molar-refractivity contribution in [1.82, 2.24) is 0 Å². The smallest absolute Gasteiger partial charge is 0.222 e. The van der Waals surface area contributed by atoms with E-state index in [0.29, 0.717) is 13.2 Å². The summed E-state index contributed by atoms with van der Waals surface area (Å²) in [7, 11) is 0. The number of ether oxygens (including phenoxy) is 2. The van der Waals surface area contributed by atoms with Crippen LogP contribution in [0.5, 0.6) is 0 Å². The van der Waals surface area contributed by atoms with Crippen molar-refractivity contribution < 1.29 is 9.47 Å². The molecule has 2 nitrogen and oxygen atoms in total. The van der Waals surface area contributed by atoms with E-state index in [2.05, 4.69) is 48.7 Å². The molecule has 0 fully saturated rings. The maximum atomic E-state index is 6.51. The van der Waals surface area contributed by atoms with Gasteiger partial charge < -0.3 is 9.47 Å². The molecule has 26 heavy (non-hydrogen) atoms. The molecule has 0 radical (unpaired) electrons. The Labute approximate surface area is 160 Å². The Morgan fingerprint density at radius 3 is 1.92 bits per heavy atom. The van der Waals surface area contributed by atoms with E-state index in [1.54, 1.807) is 11.3 Å². The maximum absolute atomic E-state index is 6.51. The van der Waals surface area contributed by atoms with E-state index in [9.17, 15) is 0 Å². The number of unbranched alkanes of at least 4 members (excludes halogenated alkanes) is 1. The van der Waals surface area contributed by atoms with Gasteiger partial charge in [0.25, 0.3) is 0 Å². The van der Waals surface area contributed by atoms with Gasteiger partial charge in [-0.3, -0.25) is 0 Å². The minimum Gasteiger partial charge on any atom is -0.342 e. The molecule has 0 aliphatic carbocycles. The topological polar surface area (TPSA) is 18.5 Å². The van der Waals surface area contributed by atoms with Crippen molar-refractivity contribution in [3.05, 3.63) is 94.2 Å². The van der Waals surface area contributed by atoms with Crippen LogP contribution >= 0.6 is 11.3 Å². The molecule has 0 saturated carbocycles. The second-order valence-electron chi connectivity index (χ2n) is 6.23. The number of hydrogen-bond donors (Lipinski definition) is 0. The molecule has 0 atom stereocenters. The van der Waals surface area contributed by atoms with Gasteiger partial charge in [-0.05, 0) is 17.9 Å². The van der Waals surface area contributed by atoms with Crippen LogP contribution in [0.25, 0.3) is 0 Å². The van der Waals surface area contributed by atoms with Crippen molar-refractivity contribution in [2.24, 2.45) is 0 Å². The SMILES string of the molecule is CCCCOC(OCCc1cccs1)(c1ccccc1)c1ccccc1. The lowest BCUT2D eigenvalue weighted by Crippen LogP contribution is -2.35. The molecule has 0 spiro atoms. The van der Waals surface area contributed by atoms with Crippen LogP contribution < -0.4 is 0 Å². The van der Waals surface area contributed by atoms with Crippen LogP contribution in [0.2, 0.25) is 0 Å². The van der Waals surface area contributed by atoms with E-state index in [0.717, 1.165) is 30.4 Å². The normalized spacial score (nSPS) is 11.6. The van der Waals surface area contributed by atoms with Gasteiger partial charge in [0, 0.05) is 22.4 Å². The first-order valence-corrected chi connectivity index (χ1v) is 10.1. The predicted molar refractivity (Wildman–Crippen MR) is 108 cm³/mol. The van der Waals surface area contributed by atoms with E-state index in [1.807, 2.05) is 36.4 Å². The van der Waals surface area contributed by atoms with Gasteiger partial charge in [-0.1, -0.05) is 80.1 Å². The van der Waals surface area contributed by atoms with Crippen LogP contribution in [0.4, 0.5) is 0 Å². The zero-order valence-electron chi connectivity index (χ0n) is 15.3. The van der Waals surface area contributed by atoms with Crippen LogP contribution in [0.15, 0.2) is 78.2 Å². The van der Waals surface area contributed by atoms with Crippen molar-refractivity contribution in [3.63, 3.8) is 0 Å². The maximum Gasteiger partial charge on any atom is 0.222 e. The van der Waals surface area contributed by atoms with Crippen molar-refractivity contribution in [3.8, 4) is 0 Å². The highest BCUT2D eigenvalue weighted by Crippen LogP contribution is 2.35. The summed E-state index contributed by atoms with van der Waals surface area (Å²) in [6.07, 6.45) is 2.99. The van der Waals surface area contributed by atoms with Crippen LogP contribution in [0.3, 0.4) is 0 Å². The monoisotopic (exact) mass is 366 g/mol. The Morgan fingerprint density at radius 1 is 0.769 bits per heavy atom. The molecule has 136 valence electrons. The number of benzene rings is 2. The van der Waals surface area contributed by atoms with Gasteiger partial charge >= 0.3 is 0 Å². The first-order chi connectivity index (χ1) is 12.8. The third kappa shape index (κ3) is 4.61. The highest BCUT2D eigenvalue weighted by molar-refractivity contribution is 7.09. The fourth-order valence-corrected chi connectivity index (χ4v) is 3.66. The molecule has 3 aromatic rings. The minimum absolute atomic E-state index is 0.608. The lowest BCUT2D eigenvalue weighted by Gasteiger charge is -2.35. The summed E-state index contributed by atoms with van der Waals surface area (Å²) in [5.41, 5.74) is 2.07. The average Bonchev–Trinajstić information content (AvgIpc) is 3.22. The Morgan fingerprint density at radius 2 is 1.38 bits per heavy atom. The molecule has 0 aliphatic rings. The van der Waals surface area contributed by atoms with Gasteiger partial charge in [-0.15, -0.1) is 11.3 Å². The van der Waals surface area contributed by atoms with E-state index in [-0.39, 0.29) is 0 Å². The summed E-state index contributed by atoms with van der Waals surface area (Å²) in [5, 5.41) is 2.11. The number of rotatable bonds is 10. The standard InChI is InChI=1S/C23H26O2S/c1-2-3-17-24-23(20-11-6-4-7-12-20,21-13-8-5-9-14-21)25-18-16-22-15-10-19-26-22/h4-15,19H,2-3,16-18H2,1H3. The largest absolute Gasteiger partial charge is 0.342 e. The first-order valence-electron chi connectivity index (χ1n) is 9.26. The average molecular weight is 367 g/mol. The fraction of sp³-hybridized carbons (Fsp3) is 0.304. The lowest BCUT2D eigenvalue weighted by atomic mass is 9.96. The summed E-state index contributed by atoms with van der Waals surface area (Å²) in [6.45, 7) is 3.45. The van der Waals surface area contributed by atoms with Gasteiger partial charge in [0.2, 0.25) is 5.79 Å². The Bertz CT molecular complexity index is 699. The molecule has 0 aliphatic heterocycles. The molecule has 0 N–H and O–H groups in total. The third-order valence-electron chi connectivity index (χ3n) is 4.34. The van der Waals surface area contributed by atoms with E-state index in [4.69, 9.17) is 9.47 Å².